The van der Waals surface area contributed by atoms with Gasteiger partial charge < -0.3 is 4.90 Å². The van der Waals surface area contributed by atoms with Gasteiger partial charge in [0.2, 0.25) is 15.9 Å². The first-order valence-electron chi connectivity index (χ1n) is 8.24. The van der Waals surface area contributed by atoms with Gasteiger partial charge in [0.25, 0.3) is 0 Å². The summed E-state index contributed by atoms with van der Waals surface area (Å²) in [6.07, 6.45) is 0. The van der Waals surface area contributed by atoms with Gasteiger partial charge in [0.05, 0.1) is 4.90 Å². The molecule has 0 heterocycles. The summed E-state index contributed by atoms with van der Waals surface area (Å²) in [5.41, 5.74) is 1.95. The van der Waals surface area contributed by atoms with E-state index in [0.29, 0.717) is 5.92 Å². The van der Waals surface area contributed by atoms with Crippen LogP contribution in [0.4, 0.5) is 5.69 Å². The lowest BCUT2D eigenvalue weighted by atomic mass is 10.0. The van der Waals surface area contributed by atoms with Crippen LogP contribution in [0.1, 0.15) is 32.3 Å². The smallest absolute Gasteiger partial charge is 0.240 e. The fraction of sp³-hybridized carbons (Fsp3) is 0.316. The number of carbonyl (C=O) groups is 1. The van der Waals surface area contributed by atoms with Gasteiger partial charge in [-0.05, 0) is 35.7 Å². The van der Waals surface area contributed by atoms with Gasteiger partial charge in [-0.2, -0.15) is 0 Å². The van der Waals surface area contributed by atoms with Crippen LogP contribution >= 0.6 is 0 Å². The van der Waals surface area contributed by atoms with Crippen molar-refractivity contribution in [3.05, 3.63) is 60.2 Å². The Morgan fingerprint density at radius 3 is 2.16 bits per heavy atom. The Bertz CT molecular complexity index is 800. The molecule has 0 saturated carbocycles. The van der Waals surface area contributed by atoms with Crippen LogP contribution in [0.3, 0.4) is 0 Å². The number of anilines is 1. The minimum Gasteiger partial charge on any atom is -0.311 e. The molecule has 0 aliphatic rings. The third-order valence-electron chi connectivity index (χ3n) is 3.93. The zero-order chi connectivity index (χ0) is 18.4. The molecule has 1 amide bonds. The number of benzene rings is 2. The van der Waals surface area contributed by atoms with Crippen LogP contribution in [0.2, 0.25) is 0 Å². The highest BCUT2D eigenvalue weighted by atomic mass is 32.2. The third kappa shape index (κ3) is 5.14. The predicted octanol–water partition coefficient (Wildman–Crippen LogP) is 3.14. The zero-order valence-electron chi connectivity index (χ0n) is 14.8. The molecule has 0 bridgehead atoms. The maximum atomic E-state index is 12.2. The van der Waals surface area contributed by atoms with Crippen LogP contribution in [-0.4, -0.2) is 27.4 Å². The molecule has 0 aromatic heterocycles. The molecular weight excluding hydrogens is 336 g/mol. The lowest BCUT2D eigenvalue weighted by Gasteiger charge is -2.22. The topological polar surface area (TPSA) is 66.5 Å². The summed E-state index contributed by atoms with van der Waals surface area (Å²) in [5, 5.41) is 0. The molecule has 0 radical (unpaired) electrons. The molecule has 5 nitrogen and oxygen atoms in total. The van der Waals surface area contributed by atoms with E-state index in [9.17, 15) is 13.2 Å². The van der Waals surface area contributed by atoms with E-state index in [2.05, 4.69) is 18.6 Å². The Morgan fingerprint density at radius 1 is 1.04 bits per heavy atom. The highest BCUT2D eigenvalue weighted by Crippen LogP contribution is 2.20. The van der Waals surface area contributed by atoms with Crippen molar-refractivity contribution in [3.63, 3.8) is 0 Å². The first-order chi connectivity index (χ1) is 11.8. The first-order valence-corrected chi connectivity index (χ1v) is 9.72. The van der Waals surface area contributed by atoms with Crippen LogP contribution in [0.15, 0.2) is 59.5 Å². The SMILES string of the molecule is CC(=O)N(CCNS(=O)(=O)c1ccccc1)c1ccc(C(C)C)cc1. The van der Waals surface area contributed by atoms with E-state index in [1.165, 1.54) is 24.6 Å². The van der Waals surface area contributed by atoms with E-state index in [4.69, 9.17) is 0 Å². The van der Waals surface area contributed by atoms with E-state index >= 15 is 0 Å². The highest BCUT2D eigenvalue weighted by molar-refractivity contribution is 7.89. The summed E-state index contributed by atoms with van der Waals surface area (Å²) >= 11 is 0. The van der Waals surface area contributed by atoms with Crippen molar-refractivity contribution in [2.75, 3.05) is 18.0 Å². The molecular formula is C19H24N2O3S. The van der Waals surface area contributed by atoms with E-state index < -0.39 is 10.0 Å². The predicted molar refractivity (Wildman–Crippen MR) is 100 cm³/mol. The maximum absolute atomic E-state index is 12.2. The largest absolute Gasteiger partial charge is 0.311 e. The fourth-order valence-corrected chi connectivity index (χ4v) is 3.52. The molecule has 0 aliphatic carbocycles. The molecule has 0 unspecified atom stereocenters. The van der Waals surface area contributed by atoms with Crippen molar-refractivity contribution in [2.45, 2.75) is 31.6 Å². The Hall–Kier alpha value is -2.18. The average Bonchev–Trinajstić information content (AvgIpc) is 2.59. The van der Waals surface area contributed by atoms with Crippen LogP contribution in [0.25, 0.3) is 0 Å². The number of nitrogens with one attached hydrogen (secondary N) is 1. The summed E-state index contributed by atoms with van der Waals surface area (Å²) in [4.78, 5) is 13.7. The van der Waals surface area contributed by atoms with Crippen LogP contribution in [-0.2, 0) is 14.8 Å². The molecule has 6 heteroatoms. The summed E-state index contributed by atoms with van der Waals surface area (Å²) in [7, 11) is -3.57. The number of nitrogens with zero attached hydrogens (tertiary/aromatic N) is 1. The number of hydrogen-bond donors (Lipinski definition) is 1. The van der Waals surface area contributed by atoms with E-state index in [1.807, 2.05) is 24.3 Å². The second-order valence-corrected chi connectivity index (χ2v) is 7.89. The zero-order valence-corrected chi connectivity index (χ0v) is 15.6. The minimum absolute atomic E-state index is 0.129. The second-order valence-electron chi connectivity index (χ2n) is 6.13. The number of sulfonamides is 1. The van der Waals surface area contributed by atoms with E-state index in [1.54, 1.807) is 23.1 Å². The normalized spacial score (nSPS) is 11.5. The molecule has 0 atom stereocenters. The van der Waals surface area contributed by atoms with Gasteiger partial charge in [0, 0.05) is 25.7 Å². The number of rotatable bonds is 7. The van der Waals surface area contributed by atoms with Gasteiger partial charge in [-0.15, -0.1) is 0 Å². The van der Waals surface area contributed by atoms with Crippen LogP contribution in [0.5, 0.6) is 0 Å². The number of amides is 1. The van der Waals surface area contributed by atoms with Crippen molar-refractivity contribution in [1.29, 1.82) is 0 Å². The minimum atomic E-state index is -3.57. The molecule has 0 aliphatic heterocycles. The molecule has 134 valence electrons. The molecule has 2 aromatic carbocycles. The van der Waals surface area contributed by atoms with Crippen molar-refractivity contribution >= 4 is 21.6 Å². The highest BCUT2D eigenvalue weighted by Gasteiger charge is 2.16. The first kappa shape index (κ1) is 19.1. The van der Waals surface area contributed by atoms with Gasteiger partial charge in [-0.25, -0.2) is 13.1 Å². The van der Waals surface area contributed by atoms with Crippen LogP contribution < -0.4 is 9.62 Å². The summed E-state index contributed by atoms with van der Waals surface area (Å²) < 4.78 is 27.0. The van der Waals surface area contributed by atoms with Crippen molar-refractivity contribution in [3.8, 4) is 0 Å². The molecule has 0 fully saturated rings. The molecule has 2 aromatic rings. The molecule has 0 saturated heterocycles. The average molecular weight is 360 g/mol. The molecule has 2 rings (SSSR count). The van der Waals surface area contributed by atoms with Crippen molar-refractivity contribution in [2.24, 2.45) is 0 Å². The Kier molecular flexibility index (Phi) is 6.33. The van der Waals surface area contributed by atoms with Crippen molar-refractivity contribution in [1.82, 2.24) is 4.72 Å². The standard InChI is InChI=1S/C19H24N2O3S/c1-15(2)17-9-11-18(12-10-17)21(16(3)22)14-13-20-25(23,24)19-7-5-4-6-8-19/h4-12,15,20H,13-14H2,1-3H3. The summed E-state index contributed by atoms with van der Waals surface area (Å²) in [6.45, 7) is 6.10. The summed E-state index contributed by atoms with van der Waals surface area (Å²) in [6, 6.07) is 15.9. The van der Waals surface area contributed by atoms with Gasteiger partial charge in [-0.1, -0.05) is 44.2 Å². The van der Waals surface area contributed by atoms with E-state index in [0.717, 1.165) is 5.69 Å². The maximum Gasteiger partial charge on any atom is 0.240 e. The Labute approximate surface area is 149 Å². The number of carbonyl (C=O) groups excluding carboxylic acids is 1. The van der Waals surface area contributed by atoms with Gasteiger partial charge in [0.15, 0.2) is 0 Å². The fourth-order valence-electron chi connectivity index (χ4n) is 2.48. The second kappa shape index (κ2) is 8.27. The van der Waals surface area contributed by atoms with Gasteiger partial charge in [0.1, 0.15) is 0 Å². The Morgan fingerprint density at radius 2 is 1.64 bits per heavy atom. The van der Waals surface area contributed by atoms with E-state index in [-0.39, 0.29) is 23.9 Å². The molecule has 0 spiro atoms. The lowest BCUT2D eigenvalue weighted by molar-refractivity contribution is -0.116. The monoisotopic (exact) mass is 360 g/mol. The third-order valence-corrected chi connectivity index (χ3v) is 5.41. The van der Waals surface area contributed by atoms with Gasteiger partial charge >= 0.3 is 0 Å². The van der Waals surface area contributed by atoms with Crippen molar-refractivity contribution < 1.29 is 13.2 Å². The summed E-state index contributed by atoms with van der Waals surface area (Å²) in [5.74, 6) is 0.286. The lowest BCUT2D eigenvalue weighted by Crippen LogP contribution is -2.37. The van der Waals surface area contributed by atoms with Gasteiger partial charge in [-0.3, -0.25) is 4.79 Å². The molecule has 25 heavy (non-hydrogen) atoms. The number of hydrogen-bond acceptors (Lipinski definition) is 3. The molecule has 1 N–H and O–H groups in total. The van der Waals surface area contributed by atoms with Crippen LogP contribution in [0, 0.1) is 0 Å². The quantitative estimate of drug-likeness (QED) is 0.825. The Balaban J connectivity index is 2.04.